The first kappa shape index (κ1) is 14.7. The number of fused-ring (bicyclic) bond motifs is 1. The van der Waals surface area contributed by atoms with Gasteiger partial charge in [-0.05, 0) is 50.1 Å². The minimum absolute atomic E-state index is 0.175. The number of hydrogen-bond donors (Lipinski definition) is 2. The molecule has 0 radical (unpaired) electrons. The zero-order chi connectivity index (χ0) is 15.7. The topological polar surface area (TPSA) is 59.0 Å². The van der Waals surface area contributed by atoms with Crippen molar-refractivity contribution < 1.29 is 9.18 Å². The summed E-state index contributed by atoms with van der Waals surface area (Å²) in [6.45, 7) is 5.37. The van der Waals surface area contributed by atoms with Gasteiger partial charge in [0.1, 0.15) is 5.82 Å². The van der Waals surface area contributed by atoms with Crippen LogP contribution >= 0.6 is 0 Å². The lowest BCUT2D eigenvalue weighted by atomic mass is 9.99. The molecule has 0 spiro atoms. The van der Waals surface area contributed by atoms with E-state index in [0.29, 0.717) is 18.5 Å². The highest BCUT2D eigenvalue weighted by Gasteiger charge is 2.19. The number of carbonyl (C=O) groups is 1. The Morgan fingerprint density at radius 2 is 2.23 bits per heavy atom. The Morgan fingerprint density at radius 1 is 1.41 bits per heavy atom. The average Bonchev–Trinajstić information content (AvgIpc) is 3.00. The van der Waals surface area contributed by atoms with Gasteiger partial charge in [0.25, 0.3) is 5.91 Å². The lowest BCUT2D eigenvalue weighted by Gasteiger charge is -2.19. The summed E-state index contributed by atoms with van der Waals surface area (Å²) in [6.07, 6.45) is 2.38. The fourth-order valence-corrected chi connectivity index (χ4v) is 2.56. The number of anilines is 1. The standard InChI is InChI=1S/C16H19FN4O/c1-10(2)21-8-6-14(20-21)16(22)19-13-4-3-11-9-18-7-5-12(11)15(13)17/h3-4,6,8,10,18H,5,7,9H2,1-2H3,(H,19,22). The van der Waals surface area contributed by atoms with Crippen molar-refractivity contribution in [1.29, 1.82) is 0 Å². The molecule has 0 atom stereocenters. The van der Waals surface area contributed by atoms with Gasteiger partial charge in [-0.3, -0.25) is 9.48 Å². The van der Waals surface area contributed by atoms with Crippen molar-refractivity contribution in [3.63, 3.8) is 0 Å². The predicted molar refractivity (Wildman–Crippen MR) is 82.4 cm³/mol. The van der Waals surface area contributed by atoms with Gasteiger partial charge in [0.2, 0.25) is 0 Å². The molecule has 1 aromatic heterocycles. The van der Waals surface area contributed by atoms with Crippen molar-refractivity contribution in [2.75, 3.05) is 11.9 Å². The first-order valence-corrected chi connectivity index (χ1v) is 7.43. The third kappa shape index (κ3) is 2.74. The molecule has 2 N–H and O–H groups in total. The van der Waals surface area contributed by atoms with Gasteiger partial charge < -0.3 is 10.6 Å². The quantitative estimate of drug-likeness (QED) is 0.916. The first-order chi connectivity index (χ1) is 10.6. The van der Waals surface area contributed by atoms with E-state index in [0.717, 1.165) is 12.1 Å². The number of amides is 1. The molecule has 1 amide bonds. The second-order valence-electron chi connectivity index (χ2n) is 5.72. The number of rotatable bonds is 3. The first-order valence-electron chi connectivity index (χ1n) is 7.43. The van der Waals surface area contributed by atoms with Crippen molar-refractivity contribution >= 4 is 11.6 Å². The third-order valence-corrected chi connectivity index (χ3v) is 3.83. The van der Waals surface area contributed by atoms with Crippen LogP contribution in [0.15, 0.2) is 24.4 Å². The molecule has 0 aliphatic carbocycles. The van der Waals surface area contributed by atoms with E-state index in [1.54, 1.807) is 23.0 Å². The molecule has 0 bridgehead atoms. The van der Waals surface area contributed by atoms with Crippen LogP contribution in [-0.4, -0.2) is 22.2 Å². The van der Waals surface area contributed by atoms with E-state index in [9.17, 15) is 9.18 Å². The number of halogens is 1. The highest BCUT2D eigenvalue weighted by Crippen LogP contribution is 2.24. The van der Waals surface area contributed by atoms with Crippen LogP contribution in [0.2, 0.25) is 0 Å². The summed E-state index contributed by atoms with van der Waals surface area (Å²) in [7, 11) is 0. The van der Waals surface area contributed by atoms with Crippen LogP contribution in [0.5, 0.6) is 0 Å². The van der Waals surface area contributed by atoms with Gasteiger partial charge in [-0.25, -0.2) is 4.39 Å². The van der Waals surface area contributed by atoms with Gasteiger partial charge in [-0.2, -0.15) is 5.10 Å². The summed E-state index contributed by atoms with van der Waals surface area (Å²) in [5, 5.41) is 10.0. The van der Waals surface area contributed by atoms with Crippen molar-refractivity contribution in [2.24, 2.45) is 0 Å². The fraction of sp³-hybridized carbons (Fsp3) is 0.375. The van der Waals surface area contributed by atoms with Crippen molar-refractivity contribution in [3.8, 4) is 0 Å². The minimum atomic E-state index is -0.396. The van der Waals surface area contributed by atoms with Crippen LogP contribution in [0, 0.1) is 5.82 Å². The molecular weight excluding hydrogens is 283 g/mol. The molecule has 1 aromatic carbocycles. The number of nitrogens with zero attached hydrogens (tertiary/aromatic N) is 2. The molecule has 0 fully saturated rings. The second-order valence-corrected chi connectivity index (χ2v) is 5.72. The molecule has 2 heterocycles. The van der Waals surface area contributed by atoms with Crippen LogP contribution < -0.4 is 10.6 Å². The molecule has 3 rings (SSSR count). The molecular formula is C16H19FN4O. The van der Waals surface area contributed by atoms with E-state index in [1.165, 1.54) is 0 Å². The van der Waals surface area contributed by atoms with Gasteiger partial charge >= 0.3 is 0 Å². The number of carbonyl (C=O) groups excluding carboxylic acids is 1. The maximum Gasteiger partial charge on any atom is 0.276 e. The Balaban J connectivity index is 1.81. The van der Waals surface area contributed by atoms with Crippen molar-refractivity contribution in [2.45, 2.75) is 32.9 Å². The van der Waals surface area contributed by atoms with E-state index in [4.69, 9.17) is 0 Å². The SMILES string of the molecule is CC(C)n1ccc(C(=O)Nc2ccc3c(c2F)CCNC3)n1. The minimum Gasteiger partial charge on any atom is -0.318 e. The third-order valence-electron chi connectivity index (χ3n) is 3.83. The summed E-state index contributed by atoms with van der Waals surface area (Å²) in [5.74, 6) is -0.733. The highest BCUT2D eigenvalue weighted by atomic mass is 19.1. The number of benzene rings is 1. The van der Waals surface area contributed by atoms with Gasteiger partial charge in [0, 0.05) is 18.8 Å². The lowest BCUT2D eigenvalue weighted by molar-refractivity contribution is 0.102. The number of hydrogen-bond acceptors (Lipinski definition) is 3. The second kappa shape index (κ2) is 5.88. The van der Waals surface area contributed by atoms with Crippen LogP contribution in [0.1, 0.15) is 41.5 Å². The zero-order valence-electron chi connectivity index (χ0n) is 12.7. The Hall–Kier alpha value is -2.21. The Kier molecular flexibility index (Phi) is 3.94. The Bertz CT molecular complexity index is 708. The van der Waals surface area contributed by atoms with Gasteiger partial charge in [-0.1, -0.05) is 6.07 Å². The predicted octanol–water partition coefficient (Wildman–Crippen LogP) is 2.50. The molecule has 22 heavy (non-hydrogen) atoms. The van der Waals surface area contributed by atoms with Crippen molar-refractivity contribution in [3.05, 3.63) is 47.0 Å². The van der Waals surface area contributed by atoms with E-state index in [2.05, 4.69) is 15.7 Å². The van der Waals surface area contributed by atoms with E-state index >= 15 is 0 Å². The molecule has 5 nitrogen and oxygen atoms in total. The molecule has 1 aliphatic rings. The molecule has 2 aromatic rings. The van der Waals surface area contributed by atoms with Gasteiger partial charge in [0.15, 0.2) is 5.69 Å². The summed E-state index contributed by atoms with van der Waals surface area (Å²) in [4.78, 5) is 12.2. The Morgan fingerprint density at radius 3 is 2.95 bits per heavy atom. The largest absolute Gasteiger partial charge is 0.318 e. The lowest BCUT2D eigenvalue weighted by Crippen LogP contribution is -2.25. The number of aromatic nitrogens is 2. The normalized spacial score (nSPS) is 14.0. The molecule has 6 heteroatoms. The number of nitrogens with one attached hydrogen (secondary N) is 2. The Labute approximate surface area is 128 Å². The summed E-state index contributed by atoms with van der Waals surface area (Å²) < 4.78 is 16.2. The van der Waals surface area contributed by atoms with Crippen LogP contribution in [-0.2, 0) is 13.0 Å². The van der Waals surface area contributed by atoms with Crippen molar-refractivity contribution in [1.82, 2.24) is 15.1 Å². The summed E-state index contributed by atoms with van der Waals surface area (Å²) in [5.41, 5.74) is 2.13. The molecule has 1 aliphatic heterocycles. The summed E-state index contributed by atoms with van der Waals surface area (Å²) >= 11 is 0. The molecule has 0 saturated carbocycles. The van der Waals surface area contributed by atoms with Gasteiger partial charge in [0.05, 0.1) is 5.69 Å². The van der Waals surface area contributed by atoms with E-state index in [-0.39, 0.29) is 23.2 Å². The molecule has 0 unspecified atom stereocenters. The fourth-order valence-electron chi connectivity index (χ4n) is 2.56. The maximum absolute atomic E-state index is 14.5. The smallest absolute Gasteiger partial charge is 0.276 e. The summed E-state index contributed by atoms with van der Waals surface area (Å²) in [6, 6.07) is 5.27. The van der Waals surface area contributed by atoms with Crippen LogP contribution in [0.25, 0.3) is 0 Å². The average molecular weight is 302 g/mol. The zero-order valence-corrected chi connectivity index (χ0v) is 12.7. The molecule has 116 valence electrons. The van der Waals surface area contributed by atoms with Gasteiger partial charge in [-0.15, -0.1) is 0 Å². The monoisotopic (exact) mass is 302 g/mol. The van der Waals surface area contributed by atoms with Crippen LogP contribution in [0.3, 0.4) is 0 Å². The molecule has 0 saturated heterocycles. The maximum atomic E-state index is 14.5. The highest BCUT2D eigenvalue weighted by molar-refractivity contribution is 6.02. The van der Waals surface area contributed by atoms with E-state index in [1.807, 2.05) is 19.9 Å². The van der Waals surface area contributed by atoms with E-state index < -0.39 is 5.91 Å². The van der Waals surface area contributed by atoms with Crippen LogP contribution in [0.4, 0.5) is 10.1 Å².